The predicted octanol–water partition coefficient (Wildman–Crippen LogP) is 10.3. The number of hydrogen-bond donors (Lipinski definition) is 2. The first kappa shape index (κ1) is 29.9. The molecule has 40 heavy (non-hydrogen) atoms. The highest BCUT2D eigenvalue weighted by Gasteiger charge is 2.33. The lowest BCUT2D eigenvalue weighted by molar-refractivity contribution is 0.347. The minimum Gasteiger partial charge on any atom is -0.508 e. The zero-order valence-electron chi connectivity index (χ0n) is 25.9. The predicted molar refractivity (Wildman–Crippen MR) is 171 cm³/mol. The molecule has 1 unspecified atom stereocenters. The van der Waals surface area contributed by atoms with Crippen LogP contribution in [0.2, 0.25) is 0 Å². The fourth-order valence-corrected chi connectivity index (χ4v) is 6.61. The van der Waals surface area contributed by atoms with E-state index in [9.17, 15) is 10.2 Å². The van der Waals surface area contributed by atoms with Crippen LogP contribution in [0.5, 0.6) is 11.5 Å². The summed E-state index contributed by atoms with van der Waals surface area (Å²) in [6, 6.07) is 23.3. The number of hydrogen-bond acceptors (Lipinski definition) is 3. The highest BCUT2D eigenvalue weighted by atomic mass is 32.1. The van der Waals surface area contributed by atoms with Crippen LogP contribution in [-0.2, 0) is 16.2 Å². The second-order valence-electron chi connectivity index (χ2n) is 14.4. The van der Waals surface area contributed by atoms with Crippen LogP contribution < -0.4 is 0 Å². The molecule has 4 rings (SSSR count). The molecule has 4 aromatic rings. The van der Waals surface area contributed by atoms with E-state index in [1.165, 1.54) is 27.8 Å². The zero-order chi connectivity index (χ0) is 29.7. The van der Waals surface area contributed by atoms with Crippen LogP contribution in [0, 0.1) is 5.41 Å². The van der Waals surface area contributed by atoms with Crippen LogP contribution in [0.4, 0.5) is 0 Å². The third-order valence-electron chi connectivity index (χ3n) is 8.66. The van der Waals surface area contributed by atoms with Gasteiger partial charge in [0, 0.05) is 22.3 Å². The molecular formula is C37H46O2S. The fraction of sp³-hybridized carbons (Fsp3) is 0.405. The molecule has 0 radical (unpaired) electrons. The van der Waals surface area contributed by atoms with Crippen LogP contribution >= 0.6 is 11.3 Å². The van der Waals surface area contributed by atoms with Crippen molar-refractivity contribution in [3.8, 4) is 11.5 Å². The molecule has 0 aliphatic carbocycles. The number of phenols is 2. The number of aromatic hydroxyl groups is 2. The maximum atomic E-state index is 11.0. The third-order valence-corrected chi connectivity index (χ3v) is 9.36. The van der Waals surface area contributed by atoms with Crippen molar-refractivity contribution < 1.29 is 10.2 Å². The van der Waals surface area contributed by atoms with E-state index in [0.29, 0.717) is 11.5 Å². The van der Waals surface area contributed by atoms with E-state index in [2.05, 4.69) is 129 Å². The quantitative estimate of drug-likeness (QED) is 0.249. The van der Waals surface area contributed by atoms with E-state index in [0.717, 1.165) is 11.1 Å². The highest BCUT2D eigenvalue weighted by Crippen LogP contribution is 2.46. The lowest BCUT2D eigenvalue weighted by Crippen LogP contribution is -2.23. The molecule has 0 saturated carbocycles. The van der Waals surface area contributed by atoms with Crippen molar-refractivity contribution in [1.82, 2.24) is 0 Å². The lowest BCUT2D eigenvalue weighted by Gasteiger charge is -2.34. The summed E-state index contributed by atoms with van der Waals surface area (Å²) in [7, 11) is 0. The molecule has 3 aromatic carbocycles. The van der Waals surface area contributed by atoms with Gasteiger partial charge < -0.3 is 10.2 Å². The summed E-state index contributed by atoms with van der Waals surface area (Å²) in [5.41, 5.74) is 7.38. The Morgan fingerprint density at radius 3 is 1.50 bits per heavy atom. The molecule has 0 spiro atoms. The molecule has 212 valence electrons. The summed E-state index contributed by atoms with van der Waals surface area (Å²) in [5.74, 6) is 0.803. The Morgan fingerprint density at radius 1 is 0.575 bits per heavy atom. The molecule has 1 heterocycles. The minimum atomic E-state index is -0.250. The van der Waals surface area contributed by atoms with Gasteiger partial charge in [-0.1, -0.05) is 118 Å². The molecule has 1 atom stereocenters. The fourth-order valence-electron chi connectivity index (χ4n) is 5.92. The molecule has 0 saturated heterocycles. The molecule has 2 N–H and O–H groups in total. The van der Waals surface area contributed by atoms with Gasteiger partial charge in [0.2, 0.25) is 0 Å². The van der Waals surface area contributed by atoms with Gasteiger partial charge in [0.05, 0.1) is 0 Å². The number of rotatable bonds is 6. The molecule has 0 amide bonds. The number of phenolic OH excluding ortho intramolecular Hbond substituents is 2. The van der Waals surface area contributed by atoms with Crippen molar-refractivity contribution in [2.75, 3.05) is 0 Å². The maximum absolute atomic E-state index is 11.0. The zero-order valence-corrected chi connectivity index (χ0v) is 26.7. The maximum Gasteiger partial charge on any atom is 0.119 e. The average Bonchev–Trinajstić information content (AvgIpc) is 3.38. The van der Waals surface area contributed by atoms with Gasteiger partial charge >= 0.3 is 0 Å². The Hall–Kier alpha value is -3.04. The Balaban J connectivity index is 1.70. The average molecular weight is 555 g/mol. The smallest absolute Gasteiger partial charge is 0.119 e. The van der Waals surface area contributed by atoms with Gasteiger partial charge in [-0.3, -0.25) is 0 Å². The van der Waals surface area contributed by atoms with Gasteiger partial charge in [0.15, 0.2) is 0 Å². The van der Waals surface area contributed by atoms with Gasteiger partial charge in [-0.15, -0.1) is 0 Å². The Kier molecular flexibility index (Phi) is 7.79. The van der Waals surface area contributed by atoms with Crippen molar-refractivity contribution in [3.63, 3.8) is 0 Å². The monoisotopic (exact) mass is 554 g/mol. The molecular weight excluding hydrogens is 508 g/mol. The van der Waals surface area contributed by atoms with Crippen molar-refractivity contribution in [2.24, 2.45) is 5.41 Å². The van der Waals surface area contributed by atoms with E-state index in [-0.39, 0.29) is 27.6 Å². The topological polar surface area (TPSA) is 40.5 Å². The summed E-state index contributed by atoms with van der Waals surface area (Å²) >= 11 is 1.70. The second kappa shape index (κ2) is 10.4. The Bertz CT molecular complexity index is 1460. The summed E-state index contributed by atoms with van der Waals surface area (Å²) in [5, 5.41) is 25.8. The van der Waals surface area contributed by atoms with Crippen LogP contribution in [0.3, 0.4) is 0 Å². The van der Waals surface area contributed by atoms with Crippen LogP contribution in [0.25, 0.3) is 0 Å². The van der Waals surface area contributed by atoms with E-state index >= 15 is 0 Å². The standard InChI is InChI=1S/C37H46O2S/c1-34(2,3)30-22-28(16-18-32(30)39)37(9,10)26-13-11-25(12-14-26)36(7,8)27-15-17-31(38)29(21-27)33(35(4,5)6)24-19-20-40-23-24/h11-23,33,38-39H,1-10H3. The van der Waals surface area contributed by atoms with Gasteiger partial charge in [0.25, 0.3) is 0 Å². The SMILES string of the molecule is CC(C)(C)c1cc(C(C)(C)c2ccc(C(C)(C)c3ccc(O)c(C(c4ccsc4)C(C)(C)C)c3)cc2)ccc1O. The van der Waals surface area contributed by atoms with E-state index in [4.69, 9.17) is 0 Å². The largest absolute Gasteiger partial charge is 0.508 e. The third kappa shape index (κ3) is 5.72. The van der Waals surface area contributed by atoms with E-state index in [1.807, 2.05) is 18.2 Å². The van der Waals surface area contributed by atoms with Crippen molar-refractivity contribution in [3.05, 3.63) is 116 Å². The molecule has 0 aliphatic rings. The summed E-state index contributed by atoms with van der Waals surface area (Å²) < 4.78 is 0. The Morgan fingerprint density at radius 2 is 1.05 bits per heavy atom. The van der Waals surface area contributed by atoms with Crippen LogP contribution in [-0.4, -0.2) is 10.2 Å². The van der Waals surface area contributed by atoms with Crippen molar-refractivity contribution in [2.45, 2.75) is 91.4 Å². The number of benzene rings is 3. The lowest BCUT2D eigenvalue weighted by atomic mass is 9.70. The second-order valence-corrected chi connectivity index (χ2v) is 15.2. The highest BCUT2D eigenvalue weighted by molar-refractivity contribution is 7.08. The first-order valence-electron chi connectivity index (χ1n) is 14.2. The normalized spacial score (nSPS) is 13.8. The van der Waals surface area contributed by atoms with Crippen LogP contribution in [0.15, 0.2) is 77.5 Å². The molecule has 2 nitrogen and oxygen atoms in total. The molecule has 0 bridgehead atoms. The van der Waals surface area contributed by atoms with Crippen LogP contribution in [0.1, 0.15) is 114 Å². The van der Waals surface area contributed by atoms with Gasteiger partial charge in [-0.05, 0) is 73.2 Å². The minimum absolute atomic E-state index is 0.0460. The summed E-state index contributed by atoms with van der Waals surface area (Å²) in [6.45, 7) is 22.1. The van der Waals surface area contributed by atoms with Gasteiger partial charge in [-0.2, -0.15) is 11.3 Å². The van der Waals surface area contributed by atoms with Gasteiger partial charge in [-0.25, -0.2) is 0 Å². The summed E-state index contributed by atoms with van der Waals surface area (Å²) in [6.07, 6.45) is 0. The summed E-state index contributed by atoms with van der Waals surface area (Å²) in [4.78, 5) is 0. The molecule has 0 aliphatic heterocycles. The Labute approximate surface area is 245 Å². The molecule has 1 aromatic heterocycles. The van der Waals surface area contributed by atoms with E-state index < -0.39 is 0 Å². The number of thiophene rings is 1. The first-order valence-corrected chi connectivity index (χ1v) is 15.2. The molecule has 3 heteroatoms. The molecule has 0 fully saturated rings. The van der Waals surface area contributed by atoms with Gasteiger partial charge in [0.1, 0.15) is 11.5 Å². The first-order chi connectivity index (χ1) is 18.4. The van der Waals surface area contributed by atoms with E-state index in [1.54, 1.807) is 11.3 Å². The van der Waals surface area contributed by atoms with Crippen molar-refractivity contribution in [1.29, 1.82) is 0 Å². The van der Waals surface area contributed by atoms with Crippen molar-refractivity contribution >= 4 is 11.3 Å².